The first-order valence-electron chi connectivity index (χ1n) is 7.60. The largest absolute Gasteiger partial charge is 0.302 e. The maximum Gasteiger partial charge on any atom is 0.215 e. The number of rotatable bonds is 7. The Kier molecular flexibility index (Phi) is 5.40. The monoisotopic (exact) mass is 314 g/mol. The van der Waals surface area contributed by atoms with Crippen molar-refractivity contribution in [3.05, 3.63) is 18.0 Å². The molecule has 6 nitrogen and oxygen atoms in total. The Morgan fingerprint density at radius 3 is 2.90 bits per heavy atom. The maximum absolute atomic E-state index is 12.0. The molecule has 0 amide bonds. The van der Waals surface area contributed by atoms with Crippen molar-refractivity contribution in [3.63, 3.8) is 0 Å². The molecular formula is C14H26N4O2S. The zero-order valence-corrected chi connectivity index (χ0v) is 13.9. The van der Waals surface area contributed by atoms with Crippen molar-refractivity contribution in [2.45, 2.75) is 31.9 Å². The van der Waals surface area contributed by atoms with Gasteiger partial charge in [0.15, 0.2) is 0 Å². The van der Waals surface area contributed by atoms with Gasteiger partial charge in [0.25, 0.3) is 0 Å². The lowest BCUT2D eigenvalue weighted by Crippen LogP contribution is -2.37. The van der Waals surface area contributed by atoms with Crippen molar-refractivity contribution >= 4 is 10.0 Å². The molecule has 1 fully saturated rings. The van der Waals surface area contributed by atoms with Crippen molar-refractivity contribution in [2.24, 2.45) is 13.0 Å². The average Bonchev–Trinajstić information content (AvgIpc) is 3.00. The summed E-state index contributed by atoms with van der Waals surface area (Å²) in [5.74, 6) is 0.487. The minimum absolute atomic E-state index is 0.263. The van der Waals surface area contributed by atoms with Crippen LogP contribution in [0.15, 0.2) is 12.3 Å². The Morgan fingerprint density at radius 1 is 1.52 bits per heavy atom. The van der Waals surface area contributed by atoms with Crippen LogP contribution >= 0.6 is 0 Å². The van der Waals surface area contributed by atoms with Gasteiger partial charge in [-0.3, -0.25) is 4.68 Å². The fourth-order valence-corrected chi connectivity index (χ4v) is 4.46. The number of likely N-dealkylation sites (tertiary alicyclic amines) is 1. The van der Waals surface area contributed by atoms with E-state index in [1.165, 1.54) is 5.69 Å². The number of aryl methyl sites for hydroxylation is 1. The van der Waals surface area contributed by atoms with Gasteiger partial charge in [-0.15, -0.1) is 0 Å². The molecule has 1 aromatic rings. The van der Waals surface area contributed by atoms with E-state index in [0.29, 0.717) is 19.0 Å². The van der Waals surface area contributed by atoms with Crippen LogP contribution in [0.4, 0.5) is 0 Å². The van der Waals surface area contributed by atoms with E-state index < -0.39 is 10.0 Å². The average molecular weight is 314 g/mol. The molecule has 0 saturated carbocycles. The second-order valence-corrected chi connectivity index (χ2v) is 8.01. The first kappa shape index (κ1) is 16.5. The number of hydrogen-bond acceptors (Lipinski definition) is 4. The molecule has 2 rings (SSSR count). The lowest BCUT2D eigenvalue weighted by Gasteiger charge is -2.21. The quantitative estimate of drug-likeness (QED) is 0.801. The minimum Gasteiger partial charge on any atom is -0.302 e. The van der Waals surface area contributed by atoms with Crippen LogP contribution < -0.4 is 4.72 Å². The topological polar surface area (TPSA) is 67.2 Å². The molecule has 0 radical (unpaired) electrons. The van der Waals surface area contributed by atoms with E-state index in [1.807, 2.05) is 30.9 Å². The summed E-state index contributed by atoms with van der Waals surface area (Å²) in [5, 5.41) is 3.92. The van der Waals surface area contributed by atoms with Crippen molar-refractivity contribution in [1.29, 1.82) is 0 Å². The lowest BCUT2D eigenvalue weighted by molar-refractivity contribution is 0.285. The van der Waals surface area contributed by atoms with Crippen molar-refractivity contribution in [1.82, 2.24) is 19.4 Å². The predicted octanol–water partition coefficient (Wildman–Crippen LogP) is 0.612. The Labute approximate surface area is 127 Å². The molecule has 7 heteroatoms. The molecule has 0 spiro atoms. The molecule has 2 atom stereocenters. The van der Waals surface area contributed by atoms with Gasteiger partial charge in [-0.2, -0.15) is 5.10 Å². The molecule has 0 aliphatic carbocycles. The van der Waals surface area contributed by atoms with Crippen molar-refractivity contribution in [3.8, 4) is 0 Å². The van der Waals surface area contributed by atoms with Crippen LogP contribution in [0, 0.1) is 5.92 Å². The molecular weight excluding hydrogens is 288 g/mol. The highest BCUT2D eigenvalue weighted by molar-refractivity contribution is 7.90. The predicted molar refractivity (Wildman–Crippen MR) is 83.5 cm³/mol. The van der Waals surface area contributed by atoms with Gasteiger partial charge in [0, 0.05) is 38.6 Å². The molecule has 0 aromatic carbocycles. The van der Waals surface area contributed by atoms with E-state index in [9.17, 15) is 8.42 Å². The van der Waals surface area contributed by atoms with Crippen molar-refractivity contribution < 1.29 is 8.42 Å². The summed E-state index contributed by atoms with van der Waals surface area (Å²) in [5.41, 5.74) is 1.22. The van der Waals surface area contributed by atoms with Crippen LogP contribution in [-0.4, -0.2) is 54.5 Å². The van der Waals surface area contributed by atoms with E-state index in [0.717, 1.165) is 25.9 Å². The summed E-state index contributed by atoms with van der Waals surface area (Å²) >= 11 is 0. The summed E-state index contributed by atoms with van der Waals surface area (Å²) in [6, 6.07) is 2.04. The third-order valence-corrected chi connectivity index (χ3v) is 6.02. The summed E-state index contributed by atoms with van der Waals surface area (Å²) in [6.07, 6.45) is 3.52. The van der Waals surface area contributed by atoms with Crippen LogP contribution in [-0.2, 0) is 23.5 Å². The van der Waals surface area contributed by atoms with E-state index >= 15 is 0 Å². The maximum atomic E-state index is 12.0. The molecule has 0 unspecified atom stereocenters. The van der Waals surface area contributed by atoms with Gasteiger partial charge >= 0.3 is 0 Å². The van der Waals surface area contributed by atoms with Crippen molar-refractivity contribution in [2.75, 3.05) is 26.2 Å². The first-order valence-corrected chi connectivity index (χ1v) is 9.14. The van der Waals surface area contributed by atoms with Crippen LogP contribution in [0.1, 0.15) is 26.0 Å². The number of aromatic nitrogens is 2. The molecule has 0 bridgehead atoms. The third-order valence-electron chi connectivity index (χ3n) is 4.06. The standard InChI is InChI=1S/C14H26N4O2S/c1-4-16-21(19,20)14-6-8-18(11-14)10-12(2)9-13-5-7-15-17(13)3/h5,7,12,14,16H,4,6,8-11H2,1-3H3/t12-,14+/m1/s1. The van der Waals surface area contributed by atoms with Crippen LogP contribution in [0.2, 0.25) is 0 Å². The Bertz CT molecular complexity index is 555. The summed E-state index contributed by atoms with van der Waals surface area (Å²) < 4.78 is 28.5. The number of nitrogens with one attached hydrogen (secondary N) is 1. The van der Waals surface area contributed by atoms with Gasteiger partial charge in [-0.1, -0.05) is 13.8 Å². The van der Waals surface area contributed by atoms with Gasteiger partial charge in [0.05, 0.1) is 5.25 Å². The molecule has 1 aliphatic rings. The molecule has 1 aromatic heterocycles. The molecule has 1 N–H and O–H groups in total. The van der Waals surface area contributed by atoms with E-state index in [2.05, 4.69) is 21.6 Å². The smallest absolute Gasteiger partial charge is 0.215 e. The fourth-order valence-electron chi connectivity index (χ4n) is 3.00. The first-order chi connectivity index (χ1) is 9.92. The lowest BCUT2D eigenvalue weighted by atomic mass is 10.1. The molecule has 1 saturated heterocycles. The second-order valence-electron chi connectivity index (χ2n) is 5.97. The second kappa shape index (κ2) is 6.89. The van der Waals surface area contributed by atoms with Crippen LogP contribution in [0.5, 0.6) is 0 Å². The number of nitrogens with zero attached hydrogens (tertiary/aromatic N) is 3. The summed E-state index contributed by atoms with van der Waals surface area (Å²) in [4.78, 5) is 2.26. The minimum atomic E-state index is -3.14. The molecule has 1 aliphatic heterocycles. The molecule has 21 heavy (non-hydrogen) atoms. The number of sulfonamides is 1. The summed E-state index contributed by atoms with van der Waals surface area (Å²) in [7, 11) is -1.19. The Morgan fingerprint density at radius 2 is 2.29 bits per heavy atom. The Balaban J connectivity index is 1.84. The molecule has 120 valence electrons. The van der Waals surface area contributed by atoms with Crippen LogP contribution in [0.3, 0.4) is 0 Å². The zero-order valence-electron chi connectivity index (χ0n) is 13.1. The highest BCUT2D eigenvalue weighted by Crippen LogP contribution is 2.18. The normalized spacial score (nSPS) is 21.8. The van der Waals surface area contributed by atoms with Gasteiger partial charge in [0.1, 0.15) is 0 Å². The fraction of sp³-hybridized carbons (Fsp3) is 0.786. The van der Waals surface area contributed by atoms with E-state index in [1.54, 1.807) is 0 Å². The summed E-state index contributed by atoms with van der Waals surface area (Å²) in [6.45, 7) is 6.94. The van der Waals surface area contributed by atoms with Gasteiger partial charge in [0.2, 0.25) is 10.0 Å². The van der Waals surface area contributed by atoms with Crippen LogP contribution in [0.25, 0.3) is 0 Å². The highest BCUT2D eigenvalue weighted by Gasteiger charge is 2.32. The highest BCUT2D eigenvalue weighted by atomic mass is 32.2. The van der Waals surface area contributed by atoms with E-state index in [4.69, 9.17) is 0 Å². The Hall–Kier alpha value is -0.920. The van der Waals surface area contributed by atoms with Gasteiger partial charge < -0.3 is 4.90 Å². The van der Waals surface area contributed by atoms with Gasteiger partial charge in [-0.25, -0.2) is 13.1 Å². The molecule has 2 heterocycles. The number of hydrogen-bond donors (Lipinski definition) is 1. The SMILES string of the molecule is CCNS(=O)(=O)[C@H]1CCN(C[C@H](C)Cc2ccnn2C)C1. The zero-order chi connectivity index (χ0) is 15.5. The van der Waals surface area contributed by atoms with Gasteiger partial charge in [-0.05, 0) is 31.4 Å². The van der Waals surface area contributed by atoms with E-state index in [-0.39, 0.29) is 5.25 Å². The third kappa shape index (κ3) is 4.28.